The lowest BCUT2D eigenvalue weighted by Crippen LogP contribution is -2.12. The smallest absolute Gasteiger partial charge is 0.293 e. The Balaban J connectivity index is 2.69. The zero-order valence-corrected chi connectivity index (χ0v) is 8.09. The van der Waals surface area contributed by atoms with E-state index in [0.29, 0.717) is 10.0 Å². The average molecular weight is 250 g/mol. The van der Waals surface area contributed by atoms with Gasteiger partial charge in [-0.3, -0.25) is 9.78 Å². The van der Waals surface area contributed by atoms with Crippen molar-refractivity contribution in [2.24, 2.45) is 0 Å². The lowest BCUT2D eigenvalue weighted by atomic mass is 10.1. The minimum Gasteiger partial charge on any atom is -0.293 e. The van der Waals surface area contributed by atoms with E-state index in [9.17, 15) is 13.6 Å². The van der Waals surface area contributed by atoms with Crippen LogP contribution in [0.25, 0.3) is 0 Å². The van der Waals surface area contributed by atoms with Crippen LogP contribution < -0.4 is 0 Å². The van der Waals surface area contributed by atoms with Gasteiger partial charge in [-0.1, -0.05) is 0 Å². The second-order valence-corrected chi connectivity index (χ2v) is 3.37. The number of hydrogen-bond acceptors (Lipinski definition) is 2. The van der Waals surface area contributed by atoms with Gasteiger partial charge in [0.25, 0.3) is 6.43 Å². The van der Waals surface area contributed by atoms with Gasteiger partial charge >= 0.3 is 0 Å². The van der Waals surface area contributed by atoms with Crippen molar-refractivity contribution in [1.82, 2.24) is 4.98 Å². The van der Waals surface area contributed by atoms with E-state index in [-0.39, 0.29) is 6.42 Å². The Morgan fingerprint density at radius 2 is 2.23 bits per heavy atom. The van der Waals surface area contributed by atoms with Gasteiger partial charge < -0.3 is 0 Å². The molecule has 0 aliphatic heterocycles. The summed E-state index contributed by atoms with van der Waals surface area (Å²) in [5.74, 6) is -1.08. The Hall–Kier alpha value is -0.840. The van der Waals surface area contributed by atoms with E-state index in [1.807, 2.05) is 0 Å². The molecule has 0 aliphatic rings. The van der Waals surface area contributed by atoms with Crippen LogP contribution in [0.5, 0.6) is 0 Å². The number of carbonyl (C=O) groups excluding carboxylic acids is 1. The van der Waals surface area contributed by atoms with Crippen LogP contribution in [0.3, 0.4) is 0 Å². The van der Waals surface area contributed by atoms with Crippen molar-refractivity contribution in [3.63, 3.8) is 0 Å². The molecule has 0 spiro atoms. The quantitative estimate of drug-likeness (QED) is 0.823. The lowest BCUT2D eigenvalue weighted by Gasteiger charge is -1.99. The molecule has 0 fully saturated rings. The Kier molecular flexibility index (Phi) is 3.48. The Morgan fingerprint density at radius 1 is 1.54 bits per heavy atom. The first-order chi connectivity index (χ1) is 6.09. The summed E-state index contributed by atoms with van der Waals surface area (Å²) in [6, 6.07) is 1.59. The van der Waals surface area contributed by atoms with Crippen molar-refractivity contribution >= 4 is 21.7 Å². The minimum atomic E-state index is -2.90. The second-order valence-electron chi connectivity index (χ2n) is 2.46. The van der Waals surface area contributed by atoms with E-state index in [1.165, 1.54) is 12.4 Å². The summed E-state index contributed by atoms with van der Waals surface area (Å²) >= 11 is 3.13. The molecular weight excluding hydrogens is 244 g/mol. The van der Waals surface area contributed by atoms with Crippen LogP contribution in [0.15, 0.2) is 22.9 Å². The van der Waals surface area contributed by atoms with E-state index < -0.39 is 12.2 Å². The normalized spacial score (nSPS) is 10.5. The number of carbonyl (C=O) groups is 1. The molecule has 1 rings (SSSR count). The molecule has 13 heavy (non-hydrogen) atoms. The molecule has 1 aromatic rings. The van der Waals surface area contributed by atoms with Crippen LogP contribution in [0.1, 0.15) is 5.56 Å². The molecule has 0 N–H and O–H groups in total. The van der Waals surface area contributed by atoms with Crippen molar-refractivity contribution in [2.75, 3.05) is 0 Å². The maximum atomic E-state index is 11.8. The minimum absolute atomic E-state index is 0.274. The average Bonchev–Trinajstić information content (AvgIpc) is 2.04. The Bertz CT molecular complexity index is 317. The van der Waals surface area contributed by atoms with E-state index in [4.69, 9.17) is 0 Å². The third-order valence-corrected chi connectivity index (χ3v) is 1.82. The summed E-state index contributed by atoms with van der Waals surface area (Å²) in [4.78, 5) is 14.4. The maximum absolute atomic E-state index is 11.8. The van der Waals surface area contributed by atoms with Gasteiger partial charge in [-0.15, -0.1) is 0 Å². The standard InChI is InChI=1S/C8H6BrF2NO/c9-6-1-5(3-12-4-6)2-7(13)8(10)11/h1,3-4,8H,2H2. The van der Waals surface area contributed by atoms with E-state index in [2.05, 4.69) is 20.9 Å². The van der Waals surface area contributed by atoms with Crippen molar-refractivity contribution in [1.29, 1.82) is 0 Å². The molecule has 1 heterocycles. The highest BCUT2D eigenvalue weighted by Gasteiger charge is 2.15. The van der Waals surface area contributed by atoms with Crippen molar-refractivity contribution in [3.05, 3.63) is 28.5 Å². The summed E-state index contributed by atoms with van der Waals surface area (Å²) in [5.41, 5.74) is 0.486. The molecule has 2 nitrogen and oxygen atoms in total. The summed E-state index contributed by atoms with van der Waals surface area (Å²) in [7, 11) is 0. The van der Waals surface area contributed by atoms with Crippen LogP contribution in [-0.4, -0.2) is 17.2 Å². The lowest BCUT2D eigenvalue weighted by molar-refractivity contribution is -0.128. The predicted molar refractivity (Wildman–Crippen MR) is 46.7 cm³/mol. The van der Waals surface area contributed by atoms with Gasteiger partial charge in [-0.2, -0.15) is 0 Å². The third kappa shape index (κ3) is 3.18. The van der Waals surface area contributed by atoms with Crippen molar-refractivity contribution in [2.45, 2.75) is 12.8 Å². The predicted octanol–water partition coefficient (Wildman–Crippen LogP) is 2.22. The van der Waals surface area contributed by atoms with E-state index in [0.717, 1.165) is 0 Å². The van der Waals surface area contributed by atoms with Gasteiger partial charge in [0.05, 0.1) is 0 Å². The van der Waals surface area contributed by atoms with Gasteiger partial charge in [-0.05, 0) is 27.6 Å². The summed E-state index contributed by atoms with van der Waals surface area (Å²) in [6.07, 6.45) is -0.259. The van der Waals surface area contributed by atoms with E-state index >= 15 is 0 Å². The first-order valence-electron chi connectivity index (χ1n) is 3.50. The van der Waals surface area contributed by atoms with Gasteiger partial charge in [0.15, 0.2) is 0 Å². The van der Waals surface area contributed by atoms with Crippen LogP contribution in [0.4, 0.5) is 8.78 Å². The molecule has 0 bridgehead atoms. The SMILES string of the molecule is O=C(Cc1cncc(Br)c1)C(F)F. The molecule has 0 unspecified atom stereocenters. The zero-order valence-electron chi connectivity index (χ0n) is 6.51. The fraction of sp³-hybridized carbons (Fsp3) is 0.250. The molecule has 0 radical (unpaired) electrons. The molecule has 0 aliphatic carbocycles. The first-order valence-corrected chi connectivity index (χ1v) is 4.29. The van der Waals surface area contributed by atoms with Crippen molar-refractivity contribution in [3.8, 4) is 0 Å². The van der Waals surface area contributed by atoms with Gasteiger partial charge in [0, 0.05) is 23.3 Å². The maximum Gasteiger partial charge on any atom is 0.296 e. The van der Waals surface area contributed by atoms with Gasteiger partial charge in [-0.25, -0.2) is 8.78 Å². The molecule has 1 aromatic heterocycles. The highest BCUT2D eigenvalue weighted by atomic mass is 79.9. The zero-order chi connectivity index (χ0) is 9.84. The van der Waals surface area contributed by atoms with Crippen LogP contribution >= 0.6 is 15.9 Å². The van der Waals surface area contributed by atoms with E-state index in [1.54, 1.807) is 6.07 Å². The molecular formula is C8H6BrF2NO. The first kappa shape index (κ1) is 10.2. The number of Topliss-reactive ketones (excluding diaryl/α,β-unsaturated/α-hetero) is 1. The molecule has 0 saturated heterocycles. The topological polar surface area (TPSA) is 30.0 Å². The van der Waals surface area contributed by atoms with Crippen molar-refractivity contribution < 1.29 is 13.6 Å². The number of ketones is 1. The number of halogens is 3. The molecule has 0 amide bonds. The highest BCUT2D eigenvalue weighted by Crippen LogP contribution is 2.11. The number of alkyl halides is 2. The van der Waals surface area contributed by atoms with Gasteiger partial charge in [0.2, 0.25) is 5.78 Å². The highest BCUT2D eigenvalue weighted by molar-refractivity contribution is 9.10. The number of aromatic nitrogens is 1. The van der Waals surface area contributed by atoms with Crippen LogP contribution in [0, 0.1) is 0 Å². The molecule has 5 heteroatoms. The fourth-order valence-corrected chi connectivity index (χ4v) is 1.24. The molecule has 0 saturated carbocycles. The third-order valence-electron chi connectivity index (χ3n) is 1.38. The number of rotatable bonds is 3. The molecule has 70 valence electrons. The summed E-state index contributed by atoms with van der Waals surface area (Å²) in [5, 5.41) is 0. The van der Waals surface area contributed by atoms with Crippen LogP contribution in [0.2, 0.25) is 0 Å². The largest absolute Gasteiger partial charge is 0.296 e. The monoisotopic (exact) mass is 249 g/mol. The number of pyridine rings is 1. The van der Waals surface area contributed by atoms with Crippen LogP contribution in [-0.2, 0) is 11.2 Å². The summed E-state index contributed by atoms with van der Waals surface area (Å²) < 4.78 is 24.3. The van der Waals surface area contributed by atoms with Gasteiger partial charge in [0.1, 0.15) is 0 Å². The molecule has 0 aromatic carbocycles. The Labute approximate surface area is 82.1 Å². The second kappa shape index (κ2) is 4.41. The summed E-state index contributed by atoms with van der Waals surface area (Å²) in [6.45, 7) is 0. The molecule has 0 atom stereocenters. The number of hydrogen-bond donors (Lipinski definition) is 0. The number of nitrogens with zero attached hydrogens (tertiary/aromatic N) is 1. The fourth-order valence-electron chi connectivity index (χ4n) is 0.831. The Morgan fingerprint density at radius 3 is 2.77 bits per heavy atom.